The lowest BCUT2D eigenvalue weighted by atomic mass is 9.87. The van der Waals surface area contributed by atoms with Gasteiger partial charge in [0, 0.05) is 12.0 Å². The van der Waals surface area contributed by atoms with E-state index >= 15 is 0 Å². The molecule has 18 heavy (non-hydrogen) atoms. The molecule has 1 aromatic carbocycles. The number of nitrogens with zero attached hydrogens (tertiary/aromatic N) is 1. The third-order valence-electron chi connectivity index (χ3n) is 3.59. The zero-order valence-corrected chi connectivity index (χ0v) is 11.0. The molecule has 0 bridgehead atoms. The van der Waals surface area contributed by atoms with E-state index in [1.165, 1.54) is 4.70 Å². The van der Waals surface area contributed by atoms with E-state index in [9.17, 15) is 4.79 Å². The molecule has 0 spiro atoms. The molecule has 0 radical (unpaired) electrons. The topological polar surface area (TPSA) is 42.0 Å². The minimum absolute atomic E-state index is 0.276. The number of carbonyl (C=O) groups is 1. The maximum atomic E-state index is 10.7. The number of hydrogen-bond acceptors (Lipinski definition) is 4. The molecule has 0 unspecified atom stereocenters. The lowest BCUT2D eigenvalue weighted by Gasteiger charge is -2.25. The maximum Gasteiger partial charge on any atom is 0.184 e. The van der Waals surface area contributed by atoms with Crippen molar-refractivity contribution < 1.29 is 4.79 Å². The lowest BCUT2D eigenvalue weighted by molar-refractivity contribution is -0.111. The van der Waals surface area contributed by atoms with Gasteiger partial charge in [0.05, 0.1) is 10.2 Å². The molecule has 1 aliphatic carbocycles. The standard InChI is InChI=1S/C14H16N2OS/c17-9-10-5-7-11(8-6-10)15-14-16-12-3-1-2-4-13(12)18-14/h1-4,9-11H,5-8H2,(H,15,16). The number of benzene rings is 1. The molecule has 1 aromatic heterocycles. The fourth-order valence-corrected chi connectivity index (χ4v) is 3.45. The number of carbonyl (C=O) groups excluding carboxylic acids is 1. The number of anilines is 1. The Kier molecular flexibility index (Phi) is 3.28. The number of para-hydroxylation sites is 1. The zero-order chi connectivity index (χ0) is 12.4. The smallest absolute Gasteiger partial charge is 0.184 e. The van der Waals surface area contributed by atoms with Crippen molar-refractivity contribution in [2.75, 3.05) is 5.32 Å². The Hall–Kier alpha value is -1.42. The second-order valence-corrected chi connectivity index (χ2v) is 5.91. The summed E-state index contributed by atoms with van der Waals surface area (Å²) < 4.78 is 1.22. The molecule has 1 aliphatic rings. The van der Waals surface area contributed by atoms with E-state index in [1.807, 2.05) is 18.2 Å². The van der Waals surface area contributed by atoms with Crippen LogP contribution in [-0.2, 0) is 4.79 Å². The van der Waals surface area contributed by atoms with Crippen LogP contribution in [0.25, 0.3) is 10.2 Å². The average molecular weight is 260 g/mol. The summed E-state index contributed by atoms with van der Waals surface area (Å²) >= 11 is 1.71. The molecule has 0 saturated heterocycles. The highest BCUT2D eigenvalue weighted by molar-refractivity contribution is 7.22. The molecule has 1 heterocycles. The van der Waals surface area contributed by atoms with E-state index in [4.69, 9.17) is 0 Å². The van der Waals surface area contributed by atoms with Crippen LogP contribution in [0.15, 0.2) is 24.3 Å². The van der Waals surface area contributed by atoms with E-state index < -0.39 is 0 Å². The fourth-order valence-electron chi connectivity index (χ4n) is 2.51. The SMILES string of the molecule is O=CC1CCC(Nc2nc3ccccc3s2)CC1. The summed E-state index contributed by atoms with van der Waals surface area (Å²) in [6.07, 6.45) is 5.25. The Bertz CT molecular complexity index is 510. The first-order chi connectivity index (χ1) is 8.85. The van der Waals surface area contributed by atoms with E-state index in [1.54, 1.807) is 11.3 Å². The summed E-state index contributed by atoms with van der Waals surface area (Å²) in [5.74, 6) is 0.276. The van der Waals surface area contributed by atoms with Crippen molar-refractivity contribution in [3.8, 4) is 0 Å². The van der Waals surface area contributed by atoms with Crippen LogP contribution in [0.4, 0.5) is 5.13 Å². The highest BCUT2D eigenvalue weighted by atomic mass is 32.1. The van der Waals surface area contributed by atoms with Gasteiger partial charge >= 0.3 is 0 Å². The van der Waals surface area contributed by atoms with Gasteiger partial charge in [-0.25, -0.2) is 4.98 Å². The van der Waals surface area contributed by atoms with Gasteiger partial charge in [-0.15, -0.1) is 0 Å². The van der Waals surface area contributed by atoms with Gasteiger partial charge in [-0.3, -0.25) is 0 Å². The predicted molar refractivity (Wildman–Crippen MR) is 75.1 cm³/mol. The van der Waals surface area contributed by atoms with E-state index in [-0.39, 0.29) is 5.92 Å². The Morgan fingerprint density at radius 3 is 2.72 bits per heavy atom. The van der Waals surface area contributed by atoms with Gasteiger partial charge < -0.3 is 10.1 Å². The fraction of sp³-hybridized carbons (Fsp3) is 0.429. The van der Waals surface area contributed by atoms with Crippen LogP contribution in [0.2, 0.25) is 0 Å². The van der Waals surface area contributed by atoms with Crippen LogP contribution in [0, 0.1) is 5.92 Å². The molecular formula is C14H16N2OS. The van der Waals surface area contributed by atoms with Crippen molar-refractivity contribution in [3.63, 3.8) is 0 Å². The van der Waals surface area contributed by atoms with Gasteiger partial charge in [-0.05, 0) is 37.8 Å². The lowest BCUT2D eigenvalue weighted by Crippen LogP contribution is -2.26. The molecule has 4 heteroatoms. The van der Waals surface area contributed by atoms with Crippen LogP contribution in [0.1, 0.15) is 25.7 Å². The normalized spacial score (nSPS) is 24.0. The third-order valence-corrected chi connectivity index (χ3v) is 4.55. The third kappa shape index (κ3) is 2.38. The van der Waals surface area contributed by atoms with Crippen molar-refractivity contribution in [2.24, 2.45) is 5.92 Å². The minimum Gasteiger partial charge on any atom is -0.359 e. The van der Waals surface area contributed by atoms with Crippen molar-refractivity contribution in [1.29, 1.82) is 0 Å². The number of hydrogen-bond donors (Lipinski definition) is 1. The molecule has 2 aromatic rings. The second-order valence-electron chi connectivity index (χ2n) is 4.88. The number of aldehydes is 1. The average Bonchev–Trinajstić information content (AvgIpc) is 2.82. The molecular weight excluding hydrogens is 244 g/mol. The van der Waals surface area contributed by atoms with Crippen LogP contribution in [-0.4, -0.2) is 17.3 Å². The molecule has 0 atom stereocenters. The highest BCUT2D eigenvalue weighted by Gasteiger charge is 2.21. The first-order valence-corrected chi connectivity index (χ1v) is 7.24. The first-order valence-electron chi connectivity index (χ1n) is 6.42. The summed E-state index contributed by atoms with van der Waals surface area (Å²) in [4.78, 5) is 15.3. The Labute approximate surface area is 110 Å². The van der Waals surface area contributed by atoms with Gasteiger partial charge in [0.25, 0.3) is 0 Å². The van der Waals surface area contributed by atoms with Gasteiger partial charge in [0.1, 0.15) is 6.29 Å². The number of rotatable bonds is 3. The highest BCUT2D eigenvalue weighted by Crippen LogP contribution is 2.29. The first kappa shape index (κ1) is 11.7. The quantitative estimate of drug-likeness (QED) is 0.859. The summed E-state index contributed by atoms with van der Waals surface area (Å²) in [7, 11) is 0. The maximum absolute atomic E-state index is 10.7. The number of nitrogens with one attached hydrogen (secondary N) is 1. The van der Waals surface area contributed by atoms with E-state index in [0.29, 0.717) is 6.04 Å². The summed E-state index contributed by atoms with van der Waals surface area (Å²) in [5, 5.41) is 4.51. The van der Waals surface area contributed by atoms with Gasteiger partial charge in [0.2, 0.25) is 0 Å². The van der Waals surface area contributed by atoms with Crippen molar-refractivity contribution in [2.45, 2.75) is 31.7 Å². The monoisotopic (exact) mass is 260 g/mol. The van der Waals surface area contributed by atoms with Crippen LogP contribution < -0.4 is 5.32 Å². The Balaban J connectivity index is 1.67. The van der Waals surface area contributed by atoms with Crippen molar-refractivity contribution >= 4 is 33.0 Å². The van der Waals surface area contributed by atoms with Crippen molar-refractivity contribution in [1.82, 2.24) is 4.98 Å². The molecule has 3 rings (SSSR count). The number of fused-ring (bicyclic) bond motifs is 1. The molecule has 1 saturated carbocycles. The zero-order valence-electron chi connectivity index (χ0n) is 10.1. The molecule has 94 valence electrons. The number of thiazole rings is 1. The largest absolute Gasteiger partial charge is 0.359 e. The Morgan fingerprint density at radius 1 is 1.22 bits per heavy atom. The van der Waals surface area contributed by atoms with Gasteiger partial charge in [0.15, 0.2) is 5.13 Å². The minimum atomic E-state index is 0.276. The Morgan fingerprint density at radius 2 is 2.00 bits per heavy atom. The summed E-state index contributed by atoms with van der Waals surface area (Å²) in [5.41, 5.74) is 1.06. The number of aromatic nitrogens is 1. The molecule has 1 fully saturated rings. The molecule has 0 amide bonds. The van der Waals surface area contributed by atoms with Gasteiger partial charge in [-0.1, -0.05) is 23.5 Å². The molecule has 1 N–H and O–H groups in total. The van der Waals surface area contributed by atoms with Crippen LogP contribution in [0.5, 0.6) is 0 Å². The predicted octanol–water partition coefficient (Wildman–Crippen LogP) is 3.47. The van der Waals surface area contributed by atoms with Crippen molar-refractivity contribution in [3.05, 3.63) is 24.3 Å². The van der Waals surface area contributed by atoms with E-state index in [2.05, 4.69) is 16.4 Å². The second kappa shape index (κ2) is 5.06. The van der Waals surface area contributed by atoms with Gasteiger partial charge in [-0.2, -0.15) is 0 Å². The van der Waals surface area contributed by atoms with E-state index in [0.717, 1.165) is 42.6 Å². The molecule has 0 aliphatic heterocycles. The summed E-state index contributed by atoms with van der Waals surface area (Å²) in [6.45, 7) is 0. The van der Waals surface area contributed by atoms with Crippen LogP contribution >= 0.6 is 11.3 Å². The molecule has 3 nitrogen and oxygen atoms in total. The van der Waals surface area contributed by atoms with Crippen LogP contribution in [0.3, 0.4) is 0 Å². The summed E-state index contributed by atoms with van der Waals surface area (Å²) in [6, 6.07) is 8.67.